The number of hydrogen-bond donors (Lipinski definition) is 0. The monoisotopic (exact) mass is 424 g/mol. The highest BCUT2D eigenvalue weighted by Gasteiger charge is 2.24. The van der Waals surface area contributed by atoms with Gasteiger partial charge in [0.2, 0.25) is 0 Å². The first-order valence-electron chi connectivity index (χ1n) is 10.2. The standard InChI is InChI=1S/C24H25ClN2O3/c1-3-4-7-27-15-21(18-12-16(2)13-19(18)23(27)28)17-5-6-22(25)20(14-17)24(29)26-8-10-30-11-9-26/h3,5-6,12,14-15H,1,4,7-11,13H2,2H3. The number of morpholine rings is 1. The van der Waals surface area contributed by atoms with Crippen molar-refractivity contribution in [2.75, 3.05) is 26.3 Å². The predicted molar refractivity (Wildman–Crippen MR) is 120 cm³/mol. The molecule has 156 valence electrons. The number of nitrogens with zero attached hydrogens (tertiary/aromatic N) is 2. The maximum atomic E-state index is 13.1. The maximum Gasteiger partial charge on any atom is 0.255 e. The van der Waals surface area contributed by atoms with E-state index >= 15 is 0 Å². The van der Waals surface area contributed by atoms with Gasteiger partial charge in [-0.1, -0.05) is 35.4 Å². The van der Waals surface area contributed by atoms with Crippen LogP contribution < -0.4 is 5.56 Å². The molecule has 4 rings (SSSR count). The van der Waals surface area contributed by atoms with Gasteiger partial charge in [-0.05, 0) is 43.0 Å². The Morgan fingerprint density at radius 2 is 2.07 bits per heavy atom. The lowest BCUT2D eigenvalue weighted by Crippen LogP contribution is -2.40. The number of fused-ring (bicyclic) bond motifs is 1. The molecule has 1 aromatic heterocycles. The molecule has 0 bridgehead atoms. The van der Waals surface area contributed by atoms with Crippen molar-refractivity contribution in [3.8, 4) is 11.1 Å². The van der Waals surface area contributed by atoms with Gasteiger partial charge in [-0.25, -0.2) is 0 Å². The van der Waals surface area contributed by atoms with Crippen LogP contribution in [0.15, 0.2) is 47.4 Å². The van der Waals surface area contributed by atoms with Gasteiger partial charge >= 0.3 is 0 Å². The van der Waals surface area contributed by atoms with Crippen LogP contribution in [0, 0.1) is 0 Å². The molecular formula is C24H25ClN2O3. The Balaban J connectivity index is 1.80. The summed E-state index contributed by atoms with van der Waals surface area (Å²) < 4.78 is 7.10. The summed E-state index contributed by atoms with van der Waals surface area (Å²) in [4.78, 5) is 27.8. The normalized spacial score (nSPS) is 15.7. The fourth-order valence-electron chi connectivity index (χ4n) is 4.07. The fraction of sp³-hybridized carbons (Fsp3) is 0.333. The zero-order chi connectivity index (χ0) is 21.3. The molecule has 5 nitrogen and oxygen atoms in total. The number of halogens is 1. The van der Waals surface area contributed by atoms with Crippen LogP contribution in [-0.4, -0.2) is 41.7 Å². The van der Waals surface area contributed by atoms with Crippen LogP contribution in [0.1, 0.15) is 34.8 Å². The molecular weight excluding hydrogens is 400 g/mol. The van der Waals surface area contributed by atoms with Gasteiger partial charge in [-0.3, -0.25) is 9.59 Å². The summed E-state index contributed by atoms with van der Waals surface area (Å²) in [5.74, 6) is -0.0894. The summed E-state index contributed by atoms with van der Waals surface area (Å²) in [5.41, 5.74) is 5.26. The van der Waals surface area contributed by atoms with Gasteiger partial charge in [-0.2, -0.15) is 0 Å². The van der Waals surface area contributed by atoms with E-state index in [-0.39, 0.29) is 11.5 Å². The number of aromatic nitrogens is 1. The zero-order valence-electron chi connectivity index (χ0n) is 17.1. The van der Waals surface area contributed by atoms with Crippen molar-refractivity contribution in [1.29, 1.82) is 0 Å². The average molecular weight is 425 g/mol. The summed E-state index contributed by atoms with van der Waals surface area (Å²) in [7, 11) is 0. The summed E-state index contributed by atoms with van der Waals surface area (Å²) in [6.07, 6.45) is 7.15. The largest absolute Gasteiger partial charge is 0.378 e. The minimum atomic E-state index is -0.0894. The van der Waals surface area contributed by atoms with Crippen molar-refractivity contribution >= 4 is 23.6 Å². The minimum absolute atomic E-state index is 0.0438. The van der Waals surface area contributed by atoms with Gasteiger partial charge in [0, 0.05) is 37.0 Å². The van der Waals surface area contributed by atoms with Crippen LogP contribution >= 0.6 is 11.6 Å². The van der Waals surface area contributed by atoms with Gasteiger partial charge in [0.05, 0.1) is 23.8 Å². The van der Waals surface area contributed by atoms with E-state index in [9.17, 15) is 9.59 Å². The molecule has 30 heavy (non-hydrogen) atoms. The van der Waals surface area contributed by atoms with Crippen molar-refractivity contribution in [2.24, 2.45) is 0 Å². The van der Waals surface area contributed by atoms with Gasteiger partial charge in [0.15, 0.2) is 0 Å². The molecule has 0 unspecified atom stereocenters. The third kappa shape index (κ3) is 3.87. The van der Waals surface area contributed by atoms with Crippen molar-refractivity contribution in [2.45, 2.75) is 26.3 Å². The molecule has 0 saturated carbocycles. The number of carbonyl (C=O) groups is 1. The van der Waals surface area contributed by atoms with Gasteiger partial charge in [-0.15, -0.1) is 6.58 Å². The fourth-order valence-corrected chi connectivity index (χ4v) is 4.27. The highest BCUT2D eigenvalue weighted by atomic mass is 35.5. The van der Waals surface area contributed by atoms with Crippen LogP contribution in [0.25, 0.3) is 17.2 Å². The number of ether oxygens (including phenoxy) is 1. The Morgan fingerprint density at radius 3 is 2.80 bits per heavy atom. The molecule has 6 heteroatoms. The highest BCUT2D eigenvalue weighted by molar-refractivity contribution is 6.34. The lowest BCUT2D eigenvalue weighted by Gasteiger charge is -2.27. The van der Waals surface area contributed by atoms with E-state index in [2.05, 4.69) is 12.7 Å². The maximum absolute atomic E-state index is 13.1. The lowest BCUT2D eigenvalue weighted by molar-refractivity contribution is 0.0303. The van der Waals surface area contributed by atoms with Crippen molar-refractivity contribution < 1.29 is 9.53 Å². The minimum Gasteiger partial charge on any atom is -0.378 e. The Morgan fingerprint density at radius 1 is 1.30 bits per heavy atom. The molecule has 2 aromatic rings. The van der Waals surface area contributed by atoms with E-state index in [0.717, 1.165) is 27.8 Å². The van der Waals surface area contributed by atoms with E-state index in [1.54, 1.807) is 15.5 Å². The molecule has 1 amide bonds. The van der Waals surface area contributed by atoms with Crippen molar-refractivity contribution in [1.82, 2.24) is 9.47 Å². The van der Waals surface area contributed by atoms with E-state index in [1.165, 1.54) is 0 Å². The topological polar surface area (TPSA) is 51.5 Å². The third-order valence-corrected chi connectivity index (χ3v) is 5.98. The van der Waals surface area contributed by atoms with Gasteiger partial charge in [0.1, 0.15) is 0 Å². The Kier molecular flexibility index (Phi) is 5.93. The second-order valence-electron chi connectivity index (χ2n) is 7.78. The van der Waals surface area contributed by atoms with Crippen molar-refractivity contribution in [3.05, 3.63) is 74.7 Å². The second kappa shape index (κ2) is 8.62. The SMILES string of the molecule is C=CCCn1cc(-c2ccc(Cl)c(C(=O)N3CCOCC3)c2)c2c(c1=O)CC(C)=C2. The first-order chi connectivity index (χ1) is 14.5. The third-order valence-electron chi connectivity index (χ3n) is 5.65. The Labute approximate surface area is 181 Å². The summed E-state index contributed by atoms with van der Waals surface area (Å²) in [5, 5.41) is 0.429. The molecule has 1 saturated heterocycles. The summed E-state index contributed by atoms with van der Waals surface area (Å²) >= 11 is 6.41. The van der Waals surface area contributed by atoms with Crippen LogP contribution in [0.4, 0.5) is 0 Å². The number of aryl methyl sites for hydroxylation is 1. The summed E-state index contributed by atoms with van der Waals surface area (Å²) in [6.45, 7) is 8.57. The molecule has 1 aliphatic carbocycles. The molecule has 0 atom stereocenters. The Bertz CT molecular complexity index is 1090. The molecule has 2 aliphatic rings. The first-order valence-corrected chi connectivity index (χ1v) is 10.6. The number of benzene rings is 1. The molecule has 2 heterocycles. The van der Waals surface area contributed by atoms with Crippen LogP contribution in [0.5, 0.6) is 0 Å². The van der Waals surface area contributed by atoms with E-state index in [4.69, 9.17) is 16.3 Å². The lowest BCUT2D eigenvalue weighted by atomic mass is 9.97. The first kappa shape index (κ1) is 20.6. The number of amides is 1. The molecule has 0 radical (unpaired) electrons. The predicted octanol–water partition coefficient (Wildman–Crippen LogP) is 4.18. The number of hydrogen-bond acceptors (Lipinski definition) is 3. The Hall–Kier alpha value is -2.63. The number of rotatable bonds is 5. The zero-order valence-corrected chi connectivity index (χ0v) is 17.9. The smallest absolute Gasteiger partial charge is 0.255 e. The highest BCUT2D eigenvalue weighted by Crippen LogP contribution is 2.34. The average Bonchev–Trinajstić information content (AvgIpc) is 3.16. The van der Waals surface area contributed by atoms with Gasteiger partial charge < -0.3 is 14.2 Å². The number of carbonyl (C=O) groups excluding carboxylic acids is 1. The van der Waals surface area contributed by atoms with E-state index in [0.29, 0.717) is 56.3 Å². The number of pyridine rings is 1. The molecule has 0 N–H and O–H groups in total. The molecule has 1 fully saturated rings. The van der Waals surface area contributed by atoms with Crippen LogP contribution in [0.2, 0.25) is 5.02 Å². The van der Waals surface area contributed by atoms with E-state index in [1.807, 2.05) is 31.3 Å². The molecule has 0 spiro atoms. The van der Waals surface area contributed by atoms with Crippen LogP contribution in [0.3, 0.4) is 0 Å². The van der Waals surface area contributed by atoms with E-state index < -0.39 is 0 Å². The molecule has 1 aromatic carbocycles. The molecule has 1 aliphatic heterocycles. The van der Waals surface area contributed by atoms with Crippen molar-refractivity contribution in [3.63, 3.8) is 0 Å². The summed E-state index contributed by atoms with van der Waals surface area (Å²) in [6, 6.07) is 5.53. The quantitative estimate of drug-likeness (QED) is 0.676. The number of allylic oxidation sites excluding steroid dienone is 2. The van der Waals surface area contributed by atoms with Crippen LogP contribution in [-0.2, 0) is 17.7 Å². The van der Waals surface area contributed by atoms with Gasteiger partial charge in [0.25, 0.3) is 11.5 Å². The second-order valence-corrected chi connectivity index (χ2v) is 8.18.